The monoisotopic (exact) mass is 619 g/mol. The van der Waals surface area contributed by atoms with Gasteiger partial charge in [-0.2, -0.15) is 0 Å². The van der Waals surface area contributed by atoms with Crippen LogP contribution in [0.3, 0.4) is 0 Å². The molecule has 2 aromatic carbocycles. The van der Waals surface area contributed by atoms with Crippen LogP contribution in [0.4, 0.5) is 8.78 Å². The largest absolute Gasteiger partial charge is 0.387 e. The Bertz CT molecular complexity index is 1510. The number of alkyl halides is 1. The fourth-order valence-corrected chi connectivity index (χ4v) is 5.97. The first kappa shape index (κ1) is 29.3. The van der Waals surface area contributed by atoms with Gasteiger partial charge in [0.1, 0.15) is 22.9 Å². The molecule has 42 heavy (non-hydrogen) atoms. The SMILES string of the molecule is CC(O)(c1cc(F)c2c(c1)C(=O)N(Cc1ncc(Cl)cn1)[C@]2(OCC1(O)CC1)c1ccc(Cl)cc1)C1(F)CCOCC1. The van der Waals surface area contributed by atoms with E-state index >= 15 is 8.78 Å². The number of aromatic nitrogens is 2. The Kier molecular flexibility index (Phi) is 7.31. The van der Waals surface area contributed by atoms with Crippen molar-refractivity contribution in [3.05, 3.63) is 92.7 Å². The molecule has 2 aliphatic heterocycles. The molecular formula is C30H29Cl2F2N3O5. The second kappa shape index (κ2) is 10.5. The third kappa shape index (κ3) is 4.88. The number of halogens is 4. The Hall–Kier alpha value is -2.73. The van der Waals surface area contributed by atoms with Crippen molar-refractivity contribution in [2.75, 3.05) is 19.8 Å². The molecule has 6 rings (SSSR count). The topological polar surface area (TPSA) is 105 Å². The Balaban J connectivity index is 1.54. The number of fused-ring (bicyclic) bond motifs is 1. The van der Waals surface area contributed by atoms with Crippen molar-refractivity contribution in [1.82, 2.24) is 14.9 Å². The molecule has 8 nitrogen and oxygen atoms in total. The third-order valence-corrected chi connectivity index (χ3v) is 9.04. The summed E-state index contributed by atoms with van der Waals surface area (Å²) in [5, 5.41) is 22.9. The van der Waals surface area contributed by atoms with Crippen molar-refractivity contribution < 1.29 is 33.3 Å². The molecule has 1 aromatic heterocycles. The smallest absolute Gasteiger partial charge is 0.257 e. The zero-order valence-corrected chi connectivity index (χ0v) is 24.3. The van der Waals surface area contributed by atoms with E-state index < -0.39 is 34.3 Å². The lowest BCUT2D eigenvalue weighted by atomic mass is 9.75. The highest BCUT2D eigenvalue weighted by Gasteiger charge is 2.58. The Morgan fingerprint density at radius 1 is 1.07 bits per heavy atom. The van der Waals surface area contributed by atoms with Crippen molar-refractivity contribution in [1.29, 1.82) is 0 Å². The van der Waals surface area contributed by atoms with Gasteiger partial charge in [0.2, 0.25) is 0 Å². The van der Waals surface area contributed by atoms with Gasteiger partial charge in [0.05, 0.1) is 34.9 Å². The summed E-state index contributed by atoms with van der Waals surface area (Å²) in [5.74, 6) is -1.34. The number of ether oxygens (including phenoxy) is 2. The number of benzene rings is 2. The van der Waals surface area contributed by atoms with E-state index in [1.807, 2.05) is 0 Å². The summed E-state index contributed by atoms with van der Waals surface area (Å²) >= 11 is 12.2. The van der Waals surface area contributed by atoms with E-state index in [4.69, 9.17) is 32.7 Å². The average Bonchev–Trinajstić information content (AvgIpc) is 3.66. The molecule has 1 amide bonds. The maximum atomic E-state index is 16.6. The molecule has 1 saturated carbocycles. The Morgan fingerprint density at radius 2 is 1.71 bits per heavy atom. The van der Waals surface area contributed by atoms with Gasteiger partial charge in [-0.3, -0.25) is 9.69 Å². The highest BCUT2D eigenvalue weighted by molar-refractivity contribution is 6.30. The van der Waals surface area contributed by atoms with Gasteiger partial charge in [0, 0.05) is 49.0 Å². The summed E-state index contributed by atoms with van der Waals surface area (Å²) < 4.78 is 44.3. The molecule has 1 unspecified atom stereocenters. The molecule has 2 fully saturated rings. The number of aliphatic hydroxyl groups is 2. The van der Waals surface area contributed by atoms with Gasteiger partial charge >= 0.3 is 0 Å². The summed E-state index contributed by atoms with van der Waals surface area (Å²) in [5.41, 5.74) is -7.22. The number of nitrogens with zero attached hydrogens (tertiary/aromatic N) is 3. The van der Waals surface area contributed by atoms with Crippen LogP contribution in [0, 0.1) is 5.82 Å². The minimum atomic E-state index is -2.13. The normalized spacial score (nSPS) is 23.9. The van der Waals surface area contributed by atoms with E-state index in [1.54, 1.807) is 24.3 Å². The van der Waals surface area contributed by atoms with Gasteiger partial charge in [-0.25, -0.2) is 18.7 Å². The van der Waals surface area contributed by atoms with E-state index in [0.29, 0.717) is 23.4 Å². The molecule has 2 N–H and O–H groups in total. The zero-order chi connectivity index (χ0) is 29.9. The number of rotatable bonds is 8. The van der Waals surface area contributed by atoms with Gasteiger partial charge in [0.15, 0.2) is 5.72 Å². The first-order chi connectivity index (χ1) is 19.9. The van der Waals surface area contributed by atoms with Crippen molar-refractivity contribution >= 4 is 29.1 Å². The molecule has 12 heteroatoms. The molecule has 0 spiro atoms. The summed E-state index contributed by atoms with van der Waals surface area (Å²) in [4.78, 5) is 24.0. The van der Waals surface area contributed by atoms with E-state index in [9.17, 15) is 15.0 Å². The van der Waals surface area contributed by atoms with Crippen LogP contribution >= 0.6 is 23.2 Å². The highest BCUT2D eigenvalue weighted by Crippen LogP contribution is 2.51. The van der Waals surface area contributed by atoms with E-state index in [-0.39, 0.29) is 66.7 Å². The summed E-state index contributed by atoms with van der Waals surface area (Å²) in [6.45, 7) is 1.06. The van der Waals surface area contributed by atoms with Gasteiger partial charge in [-0.1, -0.05) is 35.3 Å². The Morgan fingerprint density at radius 3 is 2.33 bits per heavy atom. The van der Waals surface area contributed by atoms with Crippen LogP contribution in [0.2, 0.25) is 10.0 Å². The molecule has 222 valence electrons. The number of carbonyl (C=O) groups is 1. The van der Waals surface area contributed by atoms with Gasteiger partial charge in [0.25, 0.3) is 5.91 Å². The Labute approximate surface area is 251 Å². The van der Waals surface area contributed by atoms with Crippen LogP contribution in [0.15, 0.2) is 48.8 Å². The van der Waals surface area contributed by atoms with Gasteiger partial charge in [-0.15, -0.1) is 0 Å². The summed E-state index contributed by atoms with van der Waals surface area (Å²) in [7, 11) is 0. The number of amides is 1. The lowest BCUT2D eigenvalue weighted by Gasteiger charge is -2.42. The van der Waals surface area contributed by atoms with E-state index in [0.717, 1.165) is 6.07 Å². The minimum Gasteiger partial charge on any atom is -0.387 e. The molecular weight excluding hydrogens is 591 g/mol. The first-order valence-corrected chi connectivity index (χ1v) is 14.4. The molecule has 1 saturated heterocycles. The van der Waals surface area contributed by atoms with Crippen LogP contribution in [-0.2, 0) is 27.3 Å². The summed E-state index contributed by atoms with van der Waals surface area (Å²) in [6, 6.07) is 8.76. The quantitative estimate of drug-likeness (QED) is 0.364. The van der Waals surface area contributed by atoms with Crippen molar-refractivity contribution in [2.24, 2.45) is 0 Å². The molecule has 3 aliphatic rings. The lowest BCUT2D eigenvalue weighted by Crippen LogP contribution is -2.50. The highest BCUT2D eigenvalue weighted by atomic mass is 35.5. The fourth-order valence-electron chi connectivity index (χ4n) is 5.75. The predicted octanol–water partition coefficient (Wildman–Crippen LogP) is 5.05. The zero-order valence-electron chi connectivity index (χ0n) is 22.7. The fraction of sp³-hybridized carbons (Fsp3) is 0.433. The van der Waals surface area contributed by atoms with Gasteiger partial charge in [-0.05, 0) is 49.6 Å². The molecule has 0 radical (unpaired) electrons. The minimum absolute atomic E-state index is 0.0908. The van der Waals surface area contributed by atoms with Crippen molar-refractivity contribution in [3.63, 3.8) is 0 Å². The standard InChI is InChI=1S/C30H29Cl2F2N3O5/c1-27(39,29(34)8-10-41-11-9-29)19-12-22-25(23(33)13-19)30(42-17-28(40)6-7-28,18-2-4-20(31)5-3-18)37(26(22)38)16-24-35-14-21(32)15-36-24/h2-5,12-15,39-40H,6-11,16-17H2,1H3/t27?,30-/m0/s1. The average molecular weight is 620 g/mol. The predicted molar refractivity (Wildman–Crippen MR) is 149 cm³/mol. The van der Waals surface area contributed by atoms with Crippen LogP contribution in [0.25, 0.3) is 0 Å². The second-order valence-electron chi connectivity index (χ2n) is 11.4. The van der Waals surface area contributed by atoms with Crippen LogP contribution in [0.1, 0.15) is 65.5 Å². The van der Waals surface area contributed by atoms with Crippen LogP contribution in [0.5, 0.6) is 0 Å². The summed E-state index contributed by atoms with van der Waals surface area (Å²) in [6.07, 6.45) is 3.53. The molecule has 2 atom stereocenters. The number of carbonyl (C=O) groups excluding carboxylic acids is 1. The van der Waals surface area contributed by atoms with E-state index in [1.165, 1.54) is 30.3 Å². The molecule has 0 bridgehead atoms. The maximum absolute atomic E-state index is 16.6. The molecule has 1 aliphatic carbocycles. The van der Waals surface area contributed by atoms with E-state index in [2.05, 4.69) is 9.97 Å². The molecule has 3 aromatic rings. The van der Waals surface area contributed by atoms with Crippen molar-refractivity contribution in [2.45, 2.75) is 61.7 Å². The lowest BCUT2D eigenvalue weighted by molar-refractivity contribution is -0.143. The van der Waals surface area contributed by atoms with Crippen LogP contribution in [-0.4, -0.2) is 62.1 Å². The second-order valence-corrected chi connectivity index (χ2v) is 12.3. The van der Waals surface area contributed by atoms with Crippen LogP contribution < -0.4 is 0 Å². The molecule has 3 heterocycles. The first-order valence-electron chi connectivity index (χ1n) is 13.6. The number of hydrogen-bond acceptors (Lipinski definition) is 7. The van der Waals surface area contributed by atoms with Gasteiger partial charge < -0.3 is 19.7 Å². The van der Waals surface area contributed by atoms with Crippen molar-refractivity contribution in [3.8, 4) is 0 Å². The third-order valence-electron chi connectivity index (χ3n) is 8.59. The maximum Gasteiger partial charge on any atom is 0.257 e. The number of hydrogen-bond donors (Lipinski definition) is 2.